The number of hydrogen-bond donors (Lipinski definition) is 2. The number of nitrogens with zero attached hydrogens (tertiary/aromatic N) is 1. The molecule has 1 aromatic heterocycles. The topological polar surface area (TPSA) is 71.5 Å². The van der Waals surface area contributed by atoms with Crippen LogP contribution in [0.15, 0.2) is 18.3 Å². The number of rotatable bonds is 6. The van der Waals surface area contributed by atoms with Gasteiger partial charge in [0, 0.05) is 26.0 Å². The molecule has 0 aliphatic heterocycles. The van der Waals surface area contributed by atoms with E-state index in [-0.39, 0.29) is 11.6 Å². The quantitative estimate of drug-likeness (QED) is 0.768. The molecule has 1 atom stereocenters. The molecule has 16 heavy (non-hydrogen) atoms. The highest BCUT2D eigenvalue weighted by atomic mass is 16.5. The Kier molecular flexibility index (Phi) is 4.72. The summed E-state index contributed by atoms with van der Waals surface area (Å²) in [6.07, 6.45) is 2.32. The largest absolute Gasteiger partial charge is 0.478 e. The molecule has 0 fully saturated rings. The summed E-state index contributed by atoms with van der Waals surface area (Å²) >= 11 is 0. The maximum atomic E-state index is 10.7. The second-order valence-electron chi connectivity index (χ2n) is 3.56. The van der Waals surface area contributed by atoms with Gasteiger partial charge in [-0.05, 0) is 25.5 Å². The molecule has 1 rings (SSSR count). The number of methoxy groups -OCH3 is 1. The van der Waals surface area contributed by atoms with Gasteiger partial charge in [0.15, 0.2) is 0 Å². The Hall–Kier alpha value is -1.62. The van der Waals surface area contributed by atoms with E-state index in [2.05, 4.69) is 10.3 Å². The van der Waals surface area contributed by atoms with Crippen molar-refractivity contribution >= 4 is 11.8 Å². The molecule has 0 aliphatic rings. The SMILES string of the molecule is COCCC(C)Nc1cc(C(=O)O)ccn1. The predicted molar refractivity (Wildman–Crippen MR) is 60.8 cm³/mol. The van der Waals surface area contributed by atoms with Gasteiger partial charge in [-0.15, -0.1) is 0 Å². The molecule has 2 N–H and O–H groups in total. The van der Waals surface area contributed by atoms with E-state index in [0.717, 1.165) is 6.42 Å². The summed E-state index contributed by atoms with van der Waals surface area (Å²) < 4.78 is 4.96. The molecule has 88 valence electrons. The number of aromatic nitrogens is 1. The van der Waals surface area contributed by atoms with Gasteiger partial charge in [-0.25, -0.2) is 9.78 Å². The molecule has 1 heterocycles. The van der Waals surface area contributed by atoms with Crippen molar-refractivity contribution in [3.8, 4) is 0 Å². The third-order valence-electron chi connectivity index (χ3n) is 2.16. The van der Waals surface area contributed by atoms with Crippen molar-refractivity contribution in [2.45, 2.75) is 19.4 Å². The van der Waals surface area contributed by atoms with E-state index >= 15 is 0 Å². The van der Waals surface area contributed by atoms with Gasteiger partial charge in [-0.1, -0.05) is 0 Å². The van der Waals surface area contributed by atoms with Crippen LogP contribution < -0.4 is 5.32 Å². The van der Waals surface area contributed by atoms with Crippen LogP contribution in [-0.2, 0) is 4.74 Å². The Labute approximate surface area is 94.5 Å². The second-order valence-corrected chi connectivity index (χ2v) is 3.56. The summed E-state index contributed by atoms with van der Waals surface area (Å²) in [5.74, 6) is -0.376. The summed E-state index contributed by atoms with van der Waals surface area (Å²) in [5.41, 5.74) is 0.233. The zero-order chi connectivity index (χ0) is 12.0. The van der Waals surface area contributed by atoms with Crippen LogP contribution >= 0.6 is 0 Å². The molecule has 0 amide bonds. The smallest absolute Gasteiger partial charge is 0.335 e. The van der Waals surface area contributed by atoms with Crippen LogP contribution in [0.3, 0.4) is 0 Å². The number of carboxylic acids is 1. The van der Waals surface area contributed by atoms with E-state index in [4.69, 9.17) is 9.84 Å². The first-order valence-electron chi connectivity index (χ1n) is 5.08. The van der Waals surface area contributed by atoms with Crippen LogP contribution in [0.1, 0.15) is 23.7 Å². The summed E-state index contributed by atoms with van der Waals surface area (Å²) in [6.45, 7) is 2.65. The number of ether oxygens (including phenoxy) is 1. The monoisotopic (exact) mass is 224 g/mol. The van der Waals surface area contributed by atoms with Gasteiger partial charge in [0.05, 0.1) is 5.56 Å². The summed E-state index contributed by atoms with van der Waals surface area (Å²) in [6, 6.07) is 3.18. The van der Waals surface area contributed by atoms with E-state index < -0.39 is 5.97 Å². The van der Waals surface area contributed by atoms with Crippen molar-refractivity contribution in [2.24, 2.45) is 0 Å². The highest BCUT2D eigenvalue weighted by Crippen LogP contribution is 2.09. The molecule has 0 aliphatic carbocycles. The first kappa shape index (κ1) is 12.4. The summed E-state index contributed by atoms with van der Waals surface area (Å²) in [7, 11) is 1.65. The molecule has 1 aromatic rings. The minimum absolute atomic E-state index is 0.191. The molecule has 0 saturated heterocycles. The maximum absolute atomic E-state index is 10.7. The Bertz CT molecular complexity index is 355. The maximum Gasteiger partial charge on any atom is 0.335 e. The third kappa shape index (κ3) is 3.86. The normalized spacial score (nSPS) is 12.1. The van der Waals surface area contributed by atoms with E-state index in [1.165, 1.54) is 18.3 Å². The molecule has 1 unspecified atom stereocenters. The molecule has 5 nitrogen and oxygen atoms in total. The number of nitrogens with one attached hydrogen (secondary N) is 1. The van der Waals surface area contributed by atoms with Crippen molar-refractivity contribution in [3.05, 3.63) is 23.9 Å². The Morgan fingerprint density at radius 3 is 3.06 bits per heavy atom. The number of hydrogen-bond acceptors (Lipinski definition) is 4. The number of carboxylic acid groups (broad SMARTS) is 1. The molecule has 0 bridgehead atoms. The number of pyridine rings is 1. The van der Waals surface area contributed by atoms with Crippen LogP contribution in [0.2, 0.25) is 0 Å². The standard InChI is InChI=1S/C11H16N2O3/c1-8(4-6-16-2)13-10-7-9(11(14)15)3-5-12-10/h3,5,7-8H,4,6H2,1-2H3,(H,12,13)(H,14,15). The van der Waals surface area contributed by atoms with Gasteiger partial charge in [0.2, 0.25) is 0 Å². The highest BCUT2D eigenvalue weighted by molar-refractivity contribution is 5.88. The third-order valence-corrected chi connectivity index (χ3v) is 2.16. The first-order chi connectivity index (χ1) is 7.63. The van der Waals surface area contributed by atoms with E-state index in [1.807, 2.05) is 6.92 Å². The van der Waals surface area contributed by atoms with Gasteiger partial charge < -0.3 is 15.2 Å². The van der Waals surface area contributed by atoms with E-state index in [0.29, 0.717) is 12.4 Å². The fourth-order valence-corrected chi connectivity index (χ4v) is 1.26. The molecule has 0 aromatic carbocycles. The minimum atomic E-state index is -0.949. The van der Waals surface area contributed by atoms with Crippen LogP contribution in [0.4, 0.5) is 5.82 Å². The Morgan fingerprint density at radius 2 is 2.44 bits per heavy atom. The zero-order valence-corrected chi connectivity index (χ0v) is 9.43. The summed E-state index contributed by atoms with van der Waals surface area (Å²) in [4.78, 5) is 14.8. The van der Waals surface area contributed by atoms with E-state index in [1.54, 1.807) is 7.11 Å². The average molecular weight is 224 g/mol. The number of aromatic carboxylic acids is 1. The summed E-state index contributed by atoms with van der Waals surface area (Å²) in [5, 5.41) is 11.9. The van der Waals surface area contributed by atoms with Crippen LogP contribution in [0.5, 0.6) is 0 Å². The highest BCUT2D eigenvalue weighted by Gasteiger charge is 2.06. The van der Waals surface area contributed by atoms with Crippen LogP contribution in [0.25, 0.3) is 0 Å². The molecule has 0 radical (unpaired) electrons. The number of anilines is 1. The Balaban J connectivity index is 2.59. The van der Waals surface area contributed by atoms with Gasteiger partial charge in [0.25, 0.3) is 0 Å². The van der Waals surface area contributed by atoms with Gasteiger partial charge in [0.1, 0.15) is 5.82 Å². The van der Waals surface area contributed by atoms with E-state index in [9.17, 15) is 4.79 Å². The molecule has 0 saturated carbocycles. The first-order valence-corrected chi connectivity index (χ1v) is 5.08. The van der Waals surface area contributed by atoms with Crippen LogP contribution in [0, 0.1) is 0 Å². The van der Waals surface area contributed by atoms with Crippen molar-refractivity contribution in [1.82, 2.24) is 4.98 Å². The lowest BCUT2D eigenvalue weighted by atomic mass is 10.2. The molecule has 0 spiro atoms. The van der Waals surface area contributed by atoms with Crippen molar-refractivity contribution in [2.75, 3.05) is 19.0 Å². The van der Waals surface area contributed by atoms with Crippen molar-refractivity contribution in [3.63, 3.8) is 0 Å². The lowest BCUT2D eigenvalue weighted by Crippen LogP contribution is -2.18. The van der Waals surface area contributed by atoms with Gasteiger partial charge in [-0.3, -0.25) is 0 Å². The second kappa shape index (κ2) is 6.07. The minimum Gasteiger partial charge on any atom is -0.478 e. The fraction of sp³-hybridized carbons (Fsp3) is 0.455. The fourth-order valence-electron chi connectivity index (χ4n) is 1.26. The van der Waals surface area contributed by atoms with Crippen molar-refractivity contribution < 1.29 is 14.6 Å². The molecular formula is C11H16N2O3. The lowest BCUT2D eigenvalue weighted by Gasteiger charge is -2.13. The van der Waals surface area contributed by atoms with Gasteiger partial charge in [-0.2, -0.15) is 0 Å². The zero-order valence-electron chi connectivity index (χ0n) is 9.43. The van der Waals surface area contributed by atoms with Crippen molar-refractivity contribution in [1.29, 1.82) is 0 Å². The average Bonchev–Trinajstić information content (AvgIpc) is 2.26. The van der Waals surface area contributed by atoms with Crippen LogP contribution in [-0.4, -0.2) is 35.8 Å². The number of carbonyl (C=O) groups is 1. The van der Waals surface area contributed by atoms with Gasteiger partial charge >= 0.3 is 5.97 Å². The lowest BCUT2D eigenvalue weighted by molar-refractivity contribution is 0.0697. The predicted octanol–water partition coefficient (Wildman–Crippen LogP) is 1.62. The molecule has 5 heteroatoms. The molecular weight excluding hydrogens is 208 g/mol. The Morgan fingerprint density at radius 1 is 1.69 bits per heavy atom.